The highest BCUT2D eigenvalue weighted by molar-refractivity contribution is 6.31. The molecule has 1 fully saturated rings. The number of aliphatic hydroxyl groups is 2. The van der Waals surface area contributed by atoms with E-state index in [2.05, 4.69) is 10.5 Å². The van der Waals surface area contributed by atoms with Crippen molar-refractivity contribution in [3.63, 3.8) is 0 Å². The van der Waals surface area contributed by atoms with Crippen molar-refractivity contribution in [1.29, 1.82) is 0 Å². The molecule has 0 spiro atoms. The van der Waals surface area contributed by atoms with E-state index in [4.69, 9.17) is 24.7 Å². The molecule has 13 nitrogen and oxygen atoms in total. The Bertz CT molecular complexity index is 1760. The molecule has 47 heavy (non-hydrogen) atoms. The molecule has 1 aliphatic heterocycles. The lowest BCUT2D eigenvalue weighted by molar-refractivity contribution is -0.245. The Morgan fingerprint density at radius 1 is 1.02 bits per heavy atom. The Labute approximate surface area is 270 Å². The molecule has 1 saturated heterocycles. The van der Waals surface area contributed by atoms with Gasteiger partial charge in [0.25, 0.3) is 0 Å². The van der Waals surface area contributed by atoms with Gasteiger partial charge in [-0.05, 0) is 44.2 Å². The number of phenols is 2. The second-order valence-corrected chi connectivity index (χ2v) is 12.1. The van der Waals surface area contributed by atoms with Gasteiger partial charge in [0.2, 0.25) is 5.78 Å². The van der Waals surface area contributed by atoms with Gasteiger partial charge >= 0.3 is 0 Å². The number of benzene rings is 3. The van der Waals surface area contributed by atoms with Crippen molar-refractivity contribution in [3.8, 4) is 23.0 Å². The number of phenolic OH excluding ortho intramolecular Hbond substituents is 2. The number of hydrazone groups is 1. The molecular weight excluding hydrogens is 610 g/mol. The number of carbonyl (C=O) groups is 2. The molecule has 3 aliphatic rings. The lowest BCUT2D eigenvalue weighted by Crippen LogP contribution is -2.52. The summed E-state index contributed by atoms with van der Waals surface area (Å²) < 4.78 is 22.7. The van der Waals surface area contributed by atoms with Crippen LogP contribution in [0.25, 0.3) is 0 Å². The maximum atomic E-state index is 13.9. The van der Waals surface area contributed by atoms with Gasteiger partial charge < -0.3 is 45.1 Å². The third-order valence-corrected chi connectivity index (χ3v) is 9.26. The van der Waals surface area contributed by atoms with Gasteiger partial charge in [-0.2, -0.15) is 5.10 Å². The molecular formula is C34H37N3O10. The number of hydrogen-bond acceptors (Lipinski definition) is 13. The van der Waals surface area contributed by atoms with Crippen LogP contribution >= 0.6 is 0 Å². The molecule has 248 valence electrons. The zero-order chi connectivity index (χ0) is 33.8. The molecule has 6 atom stereocenters. The number of ether oxygens (including phenoxy) is 4. The number of aliphatic hydroxyl groups excluding tert-OH is 1. The normalized spacial score (nSPS) is 27.0. The summed E-state index contributed by atoms with van der Waals surface area (Å²) in [7, 11) is 2.91. The van der Waals surface area contributed by atoms with E-state index in [0.717, 1.165) is 0 Å². The number of methoxy groups -OCH3 is 2. The van der Waals surface area contributed by atoms with Crippen molar-refractivity contribution >= 4 is 23.0 Å². The number of nitrogens with two attached hydrogens (primary N) is 1. The van der Waals surface area contributed by atoms with Crippen LogP contribution < -0.4 is 20.6 Å². The van der Waals surface area contributed by atoms with Crippen LogP contribution in [0, 0.1) is 0 Å². The molecule has 0 aromatic heterocycles. The van der Waals surface area contributed by atoms with Crippen molar-refractivity contribution in [3.05, 3.63) is 75.8 Å². The Kier molecular flexibility index (Phi) is 8.45. The van der Waals surface area contributed by atoms with Gasteiger partial charge in [0.05, 0.1) is 60.6 Å². The third kappa shape index (κ3) is 5.49. The van der Waals surface area contributed by atoms with Crippen LogP contribution in [-0.4, -0.2) is 82.1 Å². The minimum atomic E-state index is -1.76. The molecule has 0 bridgehead atoms. The minimum absolute atomic E-state index is 0.00828. The number of rotatable bonds is 7. The smallest absolute Gasteiger partial charge is 0.202 e. The summed E-state index contributed by atoms with van der Waals surface area (Å²) in [6.45, 7) is 3.23. The molecule has 6 unspecified atom stereocenters. The second-order valence-electron chi connectivity index (χ2n) is 12.1. The van der Waals surface area contributed by atoms with E-state index in [1.54, 1.807) is 51.3 Å². The molecule has 0 amide bonds. The first-order valence-corrected chi connectivity index (χ1v) is 15.2. The SMILES string of the molecule is COc1ccc(N/N=C(\C)C2(O)Cc3c(O)c4c(c(O)c3C(OC3CC(N)C(O)C(C)O3)C2)C(=O)c2c(OC)cccc2C4=O)cc1. The standard InChI is InChI=1S/C34H37N3O10/c1-15-29(38)21(35)12-24(46-15)47-23-14-34(43,16(2)36-37-17-8-10-18(44-3)11-9-17)13-20-26(23)33(42)28-27(31(20)40)30(39)19-6-5-7-22(45-4)25(19)32(28)41/h5-11,15,21,23-24,29,37-38,40,42-43H,12-14,35H2,1-4H3/b36-16+. The summed E-state index contributed by atoms with van der Waals surface area (Å²) in [6, 6.07) is 10.8. The van der Waals surface area contributed by atoms with E-state index in [0.29, 0.717) is 11.4 Å². The number of aromatic hydroxyl groups is 2. The van der Waals surface area contributed by atoms with E-state index in [1.807, 2.05) is 0 Å². The molecule has 0 saturated carbocycles. The highest BCUT2D eigenvalue weighted by Crippen LogP contribution is 2.52. The van der Waals surface area contributed by atoms with E-state index in [1.165, 1.54) is 19.2 Å². The van der Waals surface area contributed by atoms with Gasteiger partial charge in [-0.15, -0.1) is 0 Å². The van der Waals surface area contributed by atoms with Crippen molar-refractivity contribution < 1.29 is 49.0 Å². The van der Waals surface area contributed by atoms with Gasteiger partial charge in [0.15, 0.2) is 12.1 Å². The zero-order valence-electron chi connectivity index (χ0n) is 26.3. The fourth-order valence-corrected chi connectivity index (χ4v) is 6.58. The first kappa shape index (κ1) is 32.4. The number of nitrogens with zero attached hydrogens (tertiary/aromatic N) is 1. The number of ketones is 2. The van der Waals surface area contributed by atoms with Gasteiger partial charge in [0.1, 0.15) is 28.6 Å². The van der Waals surface area contributed by atoms with E-state index >= 15 is 0 Å². The summed E-state index contributed by atoms with van der Waals surface area (Å²) in [6.07, 6.45) is -4.15. The lowest BCUT2D eigenvalue weighted by atomic mass is 9.71. The topological polar surface area (TPSA) is 202 Å². The zero-order valence-corrected chi connectivity index (χ0v) is 26.3. The Hall–Kier alpha value is -4.53. The molecule has 1 heterocycles. The van der Waals surface area contributed by atoms with Crippen molar-refractivity contribution in [2.24, 2.45) is 10.8 Å². The summed E-state index contributed by atoms with van der Waals surface area (Å²) in [5.41, 5.74) is 7.35. The number of fused-ring (bicyclic) bond motifs is 3. The van der Waals surface area contributed by atoms with Gasteiger partial charge in [-0.3, -0.25) is 15.0 Å². The Morgan fingerprint density at radius 2 is 1.72 bits per heavy atom. The molecule has 0 radical (unpaired) electrons. The third-order valence-electron chi connectivity index (χ3n) is 9.26. The highest BCUT2D eigenvalue weighted by Gasteiger charge is 2.49. The van der Waals surface area contributed by atoms with Crippen LogP contribution in [0.1, 0.15) is 75.8 Å². The fourth-order valence-electron chi connectivity index (χ4n) is 6.58. The van der Waals surface area contributed by atoms with Gasteiger partial charge in [-0.1, -0.05) is 12.1 Å². The van der Waals surface area contributed by atoms with E-state index in [-0.39, 0.29) is 64.1 Å². The van der Waals surface area contributed by atoms with Crippen LogP contribution in [0.5, 0.6) is 23.0 Å². The predicted octanol–water partition coefficient (Wildman–Crippen LogP) is 2.94. The summed E-state index contributed by atoms with van der Waals surface area (Å²) in [5, 5.41) is 50.4. The summed E-state index contributed by atoms with van der Waals surface area (Å²) in [4.78, 5) is 27.7. The molecule has 7 N–H and O–H groups in total. The second kappa shape index (κ2) is 12.2. The van der Waals surface area contributed by atoms with E-state index in [9.17, 15) is 30.0 Å². The van der Waals surface area contributed by atoms with Crippen molar-refractivity contribution in [1.82, 2.24) is 0 Å². The van der Waals surface area contributed by atoms with Crippen LogP contribution in [0.2, 0.25) is 0 Å². The molecule has 3 aromatic carbocycles. The van der Waals surface area contributed by atoms with Crippen LogP contribution in [0.3, 0.4) is 0 Å². The first-order valence-electron chi connectivity index (χ1n) is 15.2. The number of nitrogens with one attached hydrogen (secondary N) is 1. The van der Waals surface area contributed by atoms with E-state index < -0.39 is 59.3 Å². The van der Waals surface area contributed by atoms with Crippen LogP contribution in [-0.2, 0) is 15.9 Å². The average molecular weight is 648 g/mol. The molecule has 6 rings (SSSR count). The highest BCUT2D eigenvalue weighted by atomic mass is 16.7. The van der Waals surface area contributed by atoms with Crippen molar-refractivity contribution in [2.75, 3.05) is 19.6 Å². The summed E-state index contributed by atoms with van der Waals surface area (Å²) in [5.74, 6) is -1.74. The quantitative estimate of drug-likeness (QED) is 0.0974. The first-order chi connectivity index (χ1) is 22.4. The number of anilines is 1. The predicted molar refractivity (Wildman–Crippen MR) is 169 cm³/mol. The number of carbonyl (C=O) groups excluding carboxylic acids is 2. The van der Waals surface area contributed by atoms with Crippen LogP contribution in [0.4, 0.5) is 5.69 Å². The fraction of sp³-hybridized carbons (Fsp3) is 0.382. The molecule has 2 aliphatic carbocycles. The molecule has 3 aromatic rings. The number of hydrogen-bond donors (Lipinski definition) is 6. The summed E-state index contributed by atoms with van der Waals surface area (Å²) >= 11 is 0. The lowest BCUT2D eigenvalue weighted by Gasteiger charge is -2.42. The van der Waals surface area contributed by atoms with Crippen molar-refractivity contribution in [2.45, 2.75) is 69.4 Å². The minimum Gasteiger partial charge on any atom is -0.507 e. The maximum absolute atomic E-state index is 13.9. The monoisotopic (exact) mass is 647 g/mol. The van der Waals surface area contributed by atoms with Gasteiger partial charge in [0, 0.05) is 42.0 Å². The maximum Gasteiger partial charge on any atom is 0.202 e. The largest absolute Gasteiger partial charge is 0.507 e. The Morgan fingerprint density at radius 3 is 2.38 bits per heavy atom. The van der Waals surface area contributed by atoms with Gasteiger partial charge in [-0.25, -0.2) is 0 Å². The average Bonchev–Trinajstić information content (AvgIpc) is 3.06. The van der Waals surface area contributed by atoms with Crippen LogP contribution in [0.15, 0.2) is 47.6 Å². The Balaban J connectivity index is 1.45. The molecule has 13 heteroatoms.